The molecule has 2 aromatic heterocycles. The van der Waals surface area contributed by atoms with E-state index in [4.69, 9.17) is 20.1 Å². The number of aromatic nitrogens is 2. The van der Waals surface area contributed by atoms with Gasteiger partial charge in [-0.1, -0.05) is 6.58 Å². The molecule has 10 heteroatoms. The lowest BCUT2D eigenvalue weighted by atomic mass is 9.86. The largest absolute Gasteiger partial charge is 0.488 e. The highest BCUT2D eigenvalue weighted by Gasteiger charge is 2.23. The number of nitrogens with zero attached hydrogens (tertiary/aromatic N) is 3. The van der Waals surface area contributed by atoms with E-state index in [1.54, 1.807) is 19.2 Å². The minimum Gasteiger partial charge on any atom is -0.488 e. The lowest BCUT2D eigenvalue weighted by molar-refractivity contribution is 0.116. The first-order valence-electron chi connectivity index (χ1n) is 11.4. The van der Waals surface area contributed by atoms with Gasteiger partial charge < -0.3 is 29.9 Å². The van der Waals surface area contributed by atoms with Gasteiger partial charge in [0, 0.05) is 25.7 Å². The molecule has 4 rings (SSSR count). The monoisotopic (exact) mass is 471 g/mol. The summed E-state index contributed by atoms with van der Waals surface area (Å²) in [5.74, 6) is 5.94. The Morgan fingerprint density at radius 1 is 1.35 bits per heavy atom. The maximum atomic E-state index is 14.5. The van der Waals surface area contributed by atoms with Crippen molar-refractivity contribution in [1.29, 1.82) is 0 Å². The van der Waals surface area contributed by atoms with Gasteiger partial charge in [-0.25, -0.2) is 4.39 Å². The fraction of sp³-hybridized carbons (Fsp3) is 0.458. The molecule has 0 atom stereocenters. The molecule has 9 nitrogen and oxygen atoms in total. The maximum absolute atomic E-state index is 14.5. The number of nitrogens with one attached hydrogen (secondary N) is 1. The topological polar surface area (TPSA) is 113 Å². The highest BCUT2D eigenvalue weighted by Crippen LogP contribution is 2.29. The molecule has 2 aromatic rings. The third kappa shape index (κ3) is 5.39. The molecule has 182 valence electrons. The first-order chi connectivity index (χ1) is 16.5. The standard InChI is InChI=1S/C24H30FN5O4/c1-15(11-20-24(29-26)33-10-9-32-20)12-27-17-5-3-16(4-6-17)14-34-23-18(25)13-28-19-7-8-21(31)30(2)22(19)23/h7-8,11,13,16-17,27H,1,3-6,9-10,12,14,26H2,2H3/b20-11+,29-24+. The van der Waals surface area contributed by atoms with E-state index < -0.39 is 5.82 Å². The minimum absolute atomic E-state index is 0.0871. The van der Waals surface area contributed by atoms with E-state index in [0.29, 0.717) is 55.1 Å². The van der Waals surface area contributed by atoms with Crippen LogP contribution in [-0.4, -0.2) is 47.9 Å². The van der Waals surface area contributed by atoms with Gasteiger partial charge in [0.25, 0.3) is 11.5 Å². The summed E-state index contributed by atoms with van der Waals surface area (Å²) in [5, 5.41) is 7.12. The zero-order valence-electron chi connectivity index (χ0n) is 19.3. The van der Waals surface area contributed by atoms with Crippen molar-refractivity contribution in [3.63, 3.8) is 0 Å². The van der Waals surface area contributed by atoms with Gasteiger partial charge in [-0.3, -0.25) is 9.78 Å². The van der Waals surface area contributed by atoms with Gasteiger partial charge in [-0.05, 0) is 49.3 Å². The molecule has 0 unspecified atom stereocenters. The summed E-state index contributed by atoms with van der Waals surface area (Å²) in [5.41, 5.74) is 1.52. The first kappa shape index (κ1) is 23.7. The summed E-state index contributed by atoms with van der Waals surface area (Å²) in [6, 6.07) is 3.36. The Labute approximate surface area is 197 Å². The average Bonchev–Trinajstić information content (AvgIpc) is 2.85. The third-order valence-electron chi connectivity index (χ3n) is 6.21. The SMILES string of the molecule is C=C(/C=C1/OCCO/C1=N/N)CNC1CCC(COc2c(F)cnc3ccc(=O)n(C)c23)CC1. The zero-order chi connectivity index (χ0) is 24.1. The van der Waals surface area contributed by atoms with Gasteiger partial charge in [-0.15, -0.1) is 5.10 Å². The van der Waals surface area contributed by atoms with Crippen molar-refractivity contribution in [3.8, 4) is 5.75 Å². The number of hydrazone groups is 1. The average molecular weight is 472 g/mol. The van der Waals surface area contributed by atoms with Crippen molar-refractivity contribution in [1.82, 2.24) is 14.9 Å². The van der Waals surface area contributed by atoms with E-state index in [2.05, 4.69) is 22.0 Å². The van der Waals surface area contributed by atoms with Crippen LogP contribution in [0, 0.1) is 11.7 Å². The Hall–Kier alpha value is -3.40. The molecule has 1 aliphatic heterocycles. The van der Waals surface area contributed by atoms with Crippen LogP contribution in [0.4, 0.5) is 4.39 Å². The van der Waals surface area contributed by atoms with Crippen molar-refractivity contribution in [2.75, 3.05) is 26.4 Å². The van der Waals surface area contributed by atoms with E-state index in [1.807, 2.05) is 0 Å². The molecule has 0 spiro atoms. The van der Waals surface area contributed by atoms with Gasteiger partial charge in [-0.2, -0.15) is 0 Å². The number of halogens is 1. The predicted octanol–water partition coefficient (Wildman–Crippen LogP) is 2.36. The Balaban J connectivity index is 1.27. The van der Waals surface area contributed by atoms with Crippen LogP contribution >= 0.6 is 0 Å². The number of nitrogens with two attached hydrogens (primary N) is 1. The number of ether oxygens (including phenoxy) is 3. The Kier molecular flexibility index (Phi) is 7.46. The Bertz CT molecular complexity index is 1170. The maximum Gasteiger partial charge on any atom is 0.273 e. The van der Waals surface area contributed by atoms with Crippen LogP contribution in [0.1, 0.15) is 25.7 Å². The number of hydrogen-bond donors (Lipinski definition) is 2. The molecule has 3 heterocycles. The Morgan fingerprint density at radius 3 is 2.88 bits per heavy atom. The molecule has 0 aromatic carbocycles. The molecule has 1 aliphatic carbocycles. The second kappa shape index (κ2) is 10.7. The molecule has 1 saturated carbocycles. The quantitative estimate of drug-likeness (QED) is 0.471. The van der Waals surface area contributed by atoms with Crippen molar-refractivity contribution < 1.29 is 18.6 Å². The highest BCUT2D eigenvalue weighted by atomic mass is 19.1. The van der Waals surface area contributed by atoms with Crippen molar-refractivity contribution >= 4 is 16.9 Å². The van der Waals surface area contributed by atoms with Gasteiger partial charge >= 0.3 is 0 Å². The van der Waals surface area contributed by atoms with Gasteiger partial charge in [0.2, 0.25) is 0 Å². The summed E-state index contributed by atoms with van der Waals surface area (Å²) in [6.45, 7) is 5.95. The lowest BCUT2D eigenvalue weighted by Gasteiger charge is -2.29. The predicted molar refractivity (Wildman–Crippen MR) is 127 cm³/mol. The summed E-state index contributed by atoms with van der Waals surface area (Å²) in [7, 11) is 1.59. The second-order valence-electron chi connectivity index (χ2n) is 8.61. The Morgan fingerprint density at radius 2 is 2.12 bits per heavy atom. The normalized spacial score (nSPS) is 23.0. The molecule has 0 radical (unpaired) electrons. The minimum atomic E-state index is -0.563. The molecule has 34 heavy (non-hydrogen) atoms. The molecule has 3 N–H and O–H groups in total. The molecular weight excluding hydrogens is 441 g/mol. The zero-order valence-corrected chi connectivity index (χ0v) is 19.3. The summed E-state index contributed by atoms with van der Waals surface area (Å²) in [6.07, 6.45) is 6.79. The number of hydrogen-bond acceptors (Lipinski definition) is 8. The summed E-state index contributed by atoms with van der Waals surface area (Å²) < 4.78 is 32.7. The van der Waals surface area contributed by atoms with E-state index in [-0.39, 0.29) is 17.2 Å². The van der Waals surface area contributed by atoms with Crippen LogP contribution in [0.2, 0.25) is 0 Å². The van der Waals surface area contributed by atoms with E-state index in [1.165, 1.54) is 10.6 Å². The number of rotatable bonds is 7. The number of aryl methyl sites for hydroxylation is 1. The molecule has 2 aliphatic rings. The van der Waals surface area contributed by atoms with Crippen molar-refractivity contribution in [2.24, 2.45) is 23.9 Å². The van der Waals surface area contributed by atoms with Crippen LogP contribution in [0.3, 0.4) is 0 Å². The second-order valence-corrected chi connectivity index (χ2v) is 8.61. The summed E-state index contributed by atoms with van der Waals surface area (Å²) >= 11 is 0. The number of pyridine rings is 2. The molecule has 2 fully saturated rings. The smallest absolute Gasteiger partial charge is 0.273 e. The lowest BCUT2D eigenvalue weighted by Crippen LogP contribution is -2.35. The first-order valence-corrected chi connectivity index (χ1v) is 11.4. The van der Waals surface area contributed by atoms with E-state index in [9.17, 15) is 9.18 Å². The van der Waals surface area contributed by atoms with Crippen LogP contribution in [0.25, 0.3) is 11.0 Å². The van der Waals surface area contributed by atoms with Crippen molar-refractivity contribution in [3.05, 3.63) is 58.5 Å². The molecular formula is C24H30FN5O4. The highest BCUT2D eigenvalue weighted by molar-refractivity contribution is 5.92. The fourth-order valence-electron chi connectivity index (χ4n) is 4.30. The van der Waals surface area contributed by atoms with Gasteiger partial charge in [0.15, 0.2) is 17.3 Å². The van der Waals surface area contributed by atoms with Gasteiger partial charge in [0.1, 0.15) is 18.7 Å². The van der Waals surface area contributed by atoms with Crippen LogP contribution in [-0.2, 0) is 16.5 Å². The number of fused-ring (bicyclic) bond motifs is 1. The molecule has 0 bridgehead atoms. The van der Waals surface area contributed by atoms with Crippen LogP contribution in [0.15, 0.2) is 52.2 Å². The van der Waals surface area contributed by atoms with Crippen molar-refractivity contribution in [2.45, 2.75) is 31.7 Å². The fourth-order valence-corrected chi connectivity index (χ4v) is 4.30. The van der Waals surface area contributed by atoms with E-state index in [0.717, 1.165) is 37.5 Å². The molecule has 0 amide bonds. The summed E-state index contributed by atoms with van der Waals surface area (Å²) in [4.78, 5) is 16.1. The van der Waals surface area contributed by atoms with Crippen LogP contribution < -0.4 is 21.5 Å². The van der Waals surface area contributed by atoms with Gasteiger partial charge in [0.05, 0.1) is 18.3 Å². The molecule has 1 saturated heterocycles. The van der Waals surface area contributed by atoms with Crippen LogP contribution in [0.5, 0.6) is 5.75 Å². The third-order valence-corrected chi connectivity index (χ3v) is 6.21. The van der Waals surface area contributed by atoms with E-state index >= 15 is 0 Å².